The molecule has 0 saturated carbocycles. The number of carbonyl (C=O) groups is 1. The zero-order valence-corrected chi connectivity index (χ0v) is 14.7. The van der Waals surface area contributed by atoms with Crippen LogP contribution in [0, 0.1) is 5.82 Å². The molecule has 0 bridgehead atoms. The third-order valence-electron chi connectivity index (χ3n) is 3.73. The zero-order valence-electron chi connectivity index (χ0n) is 13.1. The molecule has 1 aromatic heterocycles. The fraction of sp³-hybridized carbons (Fsp3) is 0.176. The summed E-state index contributed by atoms with van der Waals surface area (Å²) < 4.78 is 18.9. The van der Waals surface area contributed by atoms with Crippen molar-refractivity contribution in [1.82, 2.24) is 10.6 Å². The number of benzene rings is 1. The zero-order chi connectivity index (χ0) is 17.3. The van der Waals surface area contributed by atoms with Crippen LogP contribution >= 0.6 is 23.6 Å². The lowest BCUT2D eigenvalue weighted by Gasteiger charge is -2.28. The molecule has 4 nitrogen and oxygen atoms in total. The summed E-state index contributed by atoms with van der Waals surface area (Å²) in [5.74, 6) is -0.708. The van der Waals surface area contributed by atoms with Gasteiger partial charge in [-0.05, 0) is 37.3 Å². The summed E-state index contributed by atoms with van der Waals surface area (Å²) in [4.78, 5) is 13.8. The van der Waals surface area contributed by atoms with Crippen molar-refractivity contribution >= 4 is 34.6 Å². The number of nitrogens with one attached hydrogen (secondary N) is 2. The maximum atomic E-state index is 14.0. The molecular weight excluding hydrogens is 347 g/mol. The molecule has 24 heavy (non-hydrogen) atoms. The highest BCUT2D eigenvalue weighted by molar-refractivity contribution is 7.80. The molecule has 1 aliphatic rings. The monoisotopic (exact) mass is 362 g/mol. The van der Waals surface area contributed by atoms with E-state index in [0.717, 1.165) is 9.75 Å². The molecule has 2 heterocycles. The summed E-state index contributed by atoms with van der Waals surface area (Å²) in [5, 5.41) is 6.46. The molecule has 1 aliphatic heterocycles. The molecule has 1 aromatic carbocycles. The Balaban J connectivity index is 2.02. The number of hydrogen-bond donors (Lipinski definition) is 2. The molecule has 2 N–H and O–H groups in total. The molecule has 7 heteroatoms. The normalized spacial score (nSPS) is 17.3. The van der Waals surface area contributed by atoms with Crippen molar-refractivity contribution in [3.63, 3.8) is 0 Å². The number of carbonyl (C=O) groups excluding carboxylic acids is 1. The first-order valence-electron chi connectivity index (χ1n) is 7.22. The van der Waals surface area contributed by atoms with E-state index in [1.165, 1.54) is 24.5 Å². The SMILES string of the molecule is COC(=O)C1=C(C)NC(=S)NC1c1ccc(-c2ccccc2F)s1. The first kappa shape index (κ1) is 16.6. The second-order valence-electron chi connectivity index (χ2n) is 5.24. The fourth-order valence-electron chi connectivity index (χ4n) is 2.60. The van der Waals surface area contributed by atoms with Gasteiger partial charge in [0.05, 0.1) is 18.7 Å². The van der Waals surface area contributed by atoms with Gasteiger partial charge in [-0.2, -0.15) is 0 Å². The van der Waals surface area contributed by atoms with Gasteiger partial charge in [-0.1, -0.05) is 18.2 Å². The van der Waals surface area contributed by atoms with Crippen molar-refractivity contribution < 1.29 is 13.9 Å². The highest BCUT2D eigenvalue weighted by atomic mass is 32.1. The van der Waals surface area contributed by atoms with E-state index in [1.54, 1.807) is 25.1 Å². The fourth-order valence-corrected chi connectivity index (χ4v) is 3.97. The molecule has 0 radical (unpaired) electrons. The van der Waals surface area contributed by atoms with E-state index in [1.807, 2.05) is 12.1 Å². The van der Waals surface area contributed by atoms with E-state index >= 15 is 0 Å². The van der Waals surface area contributed by atoms with E-state index in [4.69, 9.17) is 17.0 Å². The predicted octanol–water partition coefficient (Wildman–Crippen LogP) is 3.52. The smallest absolute Gasteiger partial charge is 0.337 e. The van der Waals surface area contributed by atoms with Crippen molar-refractivity contribution in [1.29, 1.82) is 0 Å². The minimum atomic E-state index is -0.430. The maximum Gasteiger partial charge on any atom is 0.337 e. The standard InChI is InChI=1S/C17H15FN2O2S2/c1-9-14(16(21)22-2)15(20-17(23)19-9)13-8-7-12(24-13)10-5-3-4-6-11(10)18/h3-8,15H,1-2H3,(H2,19,20,23). The molecule has 0 saturated heterocycles. The van der Waals surface area contributed by atoms with Crippen molar-refractivity contribution in [2.75, 3.05) is 7.11 Å². The largest absolute Gasteiger partial charge is 0.466 e. The van der Waals surface area contributed by atoms with E-state index in [-0.39, 0.29) is 5.82 Å². The Labute approximate surface area is 148 Å². The Hall–Kier alpha value is -2.25. The third kappa shape index (κ3) is 3.05. The molecule has 1 atom stereocenters. The number of thiocarbonyl (C=S) groups is 1. The molecule has 0 spiro atoms. The topological polar surface area (TPSA) is 50.4 Å². The van der Waals surface area contributed by atoms with Crippen LogP contribution in [-0.4, -0.2) is 18.2 Å². The summed E-state index contributed by atoms with van der Waals surface area (Å²) in [5.41, 5.74) is 1.65. The summed E-state index contributed by atoms with van der Waals surface area (Å²) >= 11 is 6.60. The number of esters is 1. The van der Waals surface area contributed by atoms with E-state index in [0.29, 0.717) is 21.9 Å². The molecular formula is C17H15FN2O2S2. The van der Waals surface area contributed by atoms with Gasteiger partial charge in [0, 0.05) is 21.0 Å². The lowest BCUT2D eigenvalue weighted by atomic mass is 10.0. The number of allylic oxidation sites excluding steroid dienone is 1. The predicted molar refractivity (Wildman–Crippen MR) is 96.0 cm³/mol. The van der Waals surface area contributed by atoms with E-state index < -0.39 is 12.0 Å². The lowest BCUT2D eigenvalue weighted by Crippen LogP contribution is -2.44. The highest BCUT2D eigenvalue weighted by Gasteiger charge is 2.31. The Bertz CT molecular complexity index is 845. The van der Waals surface area contributed by atoms with Gasteiger partial charge in [0.15, 0.2) is 5.11 Å². The molecule has 3 rings (SSSR count). The summed E-state index contributed by atoms with van der Waals surface area (Å²) in [6.45, 7) is 1.78. The minimum Gasteiger partial charge on any atom is -0.466 e. The van der Waals surface area contributed by atoms with Gasteiger partial charge in [-0.25, -0.2) is 9.18 Å². The van der Waals surface area contributed by atoms with Gasteiger partial charge in [0.2, 0.25) is 0 Å². The molecule has 0 fully saturated rings. The van der Waals surface area contributed by atoms with Crippen molar-refractivity contribution in [2.24, 2.45) is 0 Å². The quantitative estimate of drug-likeness (QED) is 0.646. The minimum absolute atomic E-state index is 0.278. The van der Waals surface area contributed by atoms with Gasteiger partial charge in [0.1, 0.15) is 5.82 Å². The van der Waals surface area contributed by atoms with Crippen LogP contribution in [0.3, 0.4) is 0 Å². The number of rotatable bonds is 3. The van der Waals surface area contributed by atoms with Gasteiger partial charge >= 0.3 is 5.97 Å². The Morgan fingerprint density at radius 1 is 1.29 bits per heavy atom. The van der Waals surface area contributed by atoms with Crippen LogP contribution in [0.4, 0.5) is 4.39 Å². The first-order valence-corrected chi connectivity index (χ1v) is 8.45. The van der Waals surface area contributed by atoms with Crippen LogP contribution in [0.1, 0.15) is 17.8 Å². The van der Waals surface area contributed by atoms with E-state index in [9.17, 15) is 9.18 Å². The Morgan fingerprint density at radius 3 is 2.75 bits per heavy atom. The van der Waals surface area contributed by atoms with E-state index in [2.05, 4.69) is 10.6 Å². The van der Waals surface area contributed by atoms with Crippen molar-refractivity contribution in [3.8, 4) is 10.4 Å². The van der Waals surface area contributed by atoms with Crippen molar-refractivity contribution in [2.45, 2.75) is 13.0 Å². The summed E-state index contributed by atoms with van der Waals surface area (Å²) in [6.07, 6.45) is 0. The van der Waals surface area contributed by atoms with Crippen LogP contribution in [0.15, 0.2) is 47.7 Å². The summed E-state index contributed by atoms with van der Waals surface area (Å²) in [6, 6.07) is 9.89. The van der Waals surface area contributed by atoms with Crippen LogP contribution in [-0.2, 0) is 9.53 Å². The number of hydrogen-bond acceptors (Lipinski definition) is 4. The second kappa shape index (κ2) is 6.70. The van der Waals surface area contributed by atoms with Gasteiger partial charge in [-0.15, -0.1) is 11.3 Å². The average Bonchev–Trinajstić information content (AvgIpc) is 3.03. The van der Waals surface area contributed by atoms with Crippen LogP contribution < -0.4 is 10.6 Å². The number of thiophene rings is 1. The third-order valence-corrected chi connectivity index (χ3v) is 5.13. The molecule has 1 unspecified atom stereocenters. The maximum absolute atomic E-state index is 14.0. The highest BCUT2D eigenvalue weighted by Crippen LogP contribution is 2.37. The average molecular weight is 362 g/mol. The van der Waals surface area contributed by atoms with Crippen LogP contribution in [0.5, 0.6) is 0 Å². The molecule has 0 aliphatic carbocycles. The van der Waals surface area contributed by atoms with Crippen LogP contribution in [0.25, 0.3) is 10.4 Å². The Morgan fingerprint density at radius 2 is 2.04 bits per heavy atom. The lowest BCUT2D eigenvalue weighted by molar-refractivity contribution is -0.136. The van der Waals surface area contributed by atoms with Gasteiger partial charge in [0.25, 0.3) is 0 Å². The summed E-state index contributed by atoms with van der Waals surface area (Å²) in [7, 11) is 1.34. The number of halogens is 1. The van der Waals surface area contributed by atoms with Crippen molar-refractivity contribution in [3.05, 3.63) is 58.4 Å². The van der Waals surface area contributed by atoms with Crippen LogP contribution in [0.2, 0.25) is 0 Å². The van der Waals surface area contributed by atoms with Gasteiger partial charge in [-0.3, -0.25) is 0 Å². The molecule has 0 amide bonds. The number of methoxy groups -OCH3 is 1. The molecule has 2 aromatic rings. The molecule has 124 valence electrons. The number of ether oxygens (including phenoxy) is 1. The van der Waals surface area contributed by atoms with Gasteiger partial charge < -0.3 is 15.4 Å². The second-order valence-corrected chi connectivity index (χ2v) is 6.77. The first-order chi connectivity index (χ1) is 11.5. The Kier molecular flexibility index (Phi) is 4.64.